The summed E-state index contributed by atoms with van der Waals surface area (Å²) in [5.74, 6) is 1.78. The Bertz CT molecular complexity index is 1100. The van der Waals surface area contributed by atoms with Crippen molar-refractivity contribution in [3.8, 4) is 5.75 Å². The molecule has 0 spiro atoms. The number of para-hydroxylation sites is 1. The van der Waals surface area contributed by atoms with Crippen LogP contribution >= 0.6 is 0 Å². The third kappa shape index (κ3) is 3.74. The first-order valence-electron chi connectivity index (χ1n) is 11.7. The van der Waals surface area contributed by atoms with Gasteiger partial charge in [-0.15, -0.1) is 0 Å². The SMILES string of the molecule is COc1ccccc1CC(=N)N1CC2[C@@H](C1)C(=O)CCC2(c1ccccc1)c1ccccc1. The van der Waals surface area contributed by atoms with E-state index in [0.717, 1.165) is 17.7 Å². The summed E-state index contributed by atoms with van der Waals surface area (Å²) < 4.78 is 5.50. The van der Waals surface area contributed by atoms with Gasteiger partial charge in [0.2, 0.25) is 0 Å². The van der Waals surface area contributed by atoms with E-state index in [1.165, 1.54) is 11.1 Å². The van der Waals surface area contributed by atoms with E-state index in [1.54, 1.807) is 7.11 Å². The summed E-state index contributed by atoms with van der Waals surface area (Å²) in [4.78, 5) is 15.3. The standard InChI is InChI=1S/C29H30N2O2/c1-33-27-15-9-8-10-21(27)18-28(30)31-19-24-25(20-31)29(17-16-26(24)32,22-11-4-2-5-12-22)23-13-6-3-7-14-23/h2-15,24-25,30H,16-20H2,1H3/t24-,25?/m1/s1. The minimum absolute atomic E-state index is 0.0582. The highest BCUT2D eigenvalue weighted by molar-refractivity contribution is 5.87. The minimum atomic E-state index is -0.222. The first-order chi connectivity index (χ1) is 16.1. The number of carbonyl (C=O) groups excluding carboxylic acids is 1. The van der Waals surface area contributed by atoms with Crippen LogP contribution in [0, 0.1) is 17.2 Å². The lowest BCUT2D eigenvalue weighted by Crippen LogP contribution is -2.47. The number of nitrogens with one attached hydrogen (secondary N) is 1. The summed E-state index contributed by atoms with van der Waals surface area (Å²) in [6.45, 7) is 1.34. The van der Waals surface area contributed by atoms with Crippen molar-refractivity contribution < 1.29 is 9.53 Å². The second kappa shape index (κ2) is 8.86. The molecular formula is C29H30N2O2. The van der Waals surface area contributed by atoms with Crippen molar-refractivity contribution in [3.05, 3.63) is 102 Å². The van der Waals surface area contributed by atoms with Crippen molar-refractivity contribution in [2.75, 3.05) is 20.2 Å². The van der Waals surface area contributed by atoms with Crippen LogP contribution in [-0.2, 0) is 16.6 Å². The number of methoxy groups -OCH3 is 1. The topological polar surface area (TPSA) is 53.4 Å². The smallest absolute Gasteiger partial charge is 0.138 e. The summed E-state index contributed by atoms with van der Waals surface area (Å²) >= 11 is 0. The fourth-order valence-corrected chi connectivity index (χ4v) is 6.04. The van der Waals surface area contributed by atoms with Gasteiger partial charge in [-0.1, -0.05) is 78.9 Å². The summed E-state index contributed by atoms with van der Waals surface area (Å²) in [7, 11) is 1.67. The van der Waals surface area contributed by atoms with Gasteiger partial charge in [-0.05, 0) is 23.6 Å². The molecule has 1 N–H and O–H groups in total. The van der Waals surface area contributed by atoms with Crippen molar-refractivity contribution in [1.82, 2.24) is 4.90 Å². The average Bonchev–Trinajstić information content (AvgIpc) is 3.33. The number of fused-ring (bicyclic) bond motifs is 1. The van der Waals surface area contributed by atoms with Gasteiger partial charge >= 0.3 is 0 Å². The molecule has 1 saturated carbocycles. The van der Waals surface area contributed by atoms with Crippen LogP contribution in [0.25, 0.3) is 0 Å². The molecule has 1 aliphatic carbocycles. The fourth-order valence-electron chi connectivity index (χ4n) is 6.04. The molecule has 1 unspecified atom stereocenters. The van der Waals surface area contributed by atoms with Gasteiger partial charge in [0.25, 0.3) is 0 Å². The van der Waals surface area contributed by atoms with Gasteiger partial charge in [0, 0.05) is 48.7 Å². The van der Waals surface area contributed by atoms with Crippen LogP contribution < -0.4 is 4.74 Å². The Labute approximate surface area is 195 Å². The maximum absolute atomic E-state index is 13.1. The summed E-state index contributed by atoms with van der Waals surface area (Å²) in [6, 6.07) is 29.2. The molecular weight excluding hydrogens is 408 g/mol. The van der Waals surface area contributed by atoms with Crippen LogP contribution in [0.15, 0.2) is 84.9 Å². The van der Waals surface area contributed by atoms with E-state index >= 15 is 0 Å². The first-order valence-corrected chi connectivity index (χ1v) is 11.7. The highest BCUT2D eigenvalue weighted by atomic mass is 16.5. The maximum Gasteiger partial charge on any atom is 0.138 e. The van der Waals surface area contributed by atoms with Gasteiger partial charge in [-0.2, -0.15) is 0 Å². The molecule has 4 heteroatoms. The summed E-state index contributed by atoms with van der Waals surface area (Å²) in [6.07, 6.45) is 1.90. The van der Waals surface area contributed by atoms with Gasteiger partial charge in [0.1, 0.15) is 17.4 Å². The molecule has 1 saturated heterocycles. The zero-order chi connectivity index (χ0) is 22.8. The van der Waals surface area contributed by atoms with Crippen LogP contribution in [0.2, 0.25) is 0 Å². The number of ketones is 1. The molecule has 1 heterocycles. The number of amidine groups is 1. The average molecular weight is 439 g/mol. The molecule has 2 fully saturated rings. The van der Waals surface area contributed by atoms with E-state index < -0.39 is 0 Å². The van der Waals surface area contributed by atoms with Crippen molar-refractivity contribution in [2.45, 2.75) is 24.7 Å². The van der Waals surface area contributed by atoms with Gasteiger partial charge in [-0.25, -0.2) is 0 Å². The molecule has 168 valence electrons. The number of benzene rings is 3. The molecule has 1 aliphatic heterocycles. The maximum atomic E-state index is 13.1. The van der Waals surface area contributed by atoms with Gasteiger partial charge in [0.15, 0.2) is 0 Å². The largest absolute Gasteiger partial charge is 0.496 e. The third-order valence-corrected chi connectivity index (χ3v) is 7.64. The molecule has 2 aliphatic rings. The highest BCUT2D eigenvalue weighted by Gasteiger charge is 2.54. The second-order valence-corrected chi connectivity index (χ2v) is 9.22. The molecule has 5 rings (SSSR count). The highest BCUT2D eigenvalue weighted by Crippen LogP contribution is 2.52. The molecule has 4 nitrogen and oxygen atoms in total. The van der Waals surface area contributed by atoms with Gasteiger partial charge < -0.3 is 9.64 Å². The van der Waals surface area contributed by atoms with Crippen LogP contribution in [0.3, 0.4) is 0 Å². The Hall–Kier alpha value is -3.40. The molecule has 0 radical (unpaired) electrons. The number of carbonyl (C=O) groups is 1. The predicted molar refractivity (Wildman–Crippen MR) is 131 cm³/mol. The summed E-state index contributed by atoms with van der Waals surface area (Å²) in [5, 5.41) is 8.91. The third-order valence-electron chi connectivity index (χ3n) is 7.64. The molecule has 0 amide bonds. The number of hydrogen-bond donors (Lipinski definition) is 1. The number of likely N-dealkylation sites (tertiary alicyclic amines) is 1. The quantitative estimate of drug-likeness (QED) is 0.445. The van der Waals surface area contributed by atoms with E-state index in [2.05, 4.69) is 65.6 Å². The second-order valence-electron chi connectivity index (χ2n) is 9.22. The van der Waals surface area contributed by atoms with E-state index in [-0.39, 0.29) is 17.3 Å². The summed E-state index contributed by atoms with van der Waals surface area (Å²) in [5.41, 5.74) is 3.33. The Morgan fingerprint density at radius 1 is 0.939 bits per heavy atom. The predicted octanol–water partition coefficient (Wildman–Crippen LogP) is 5.11. The molecule has 0 aromatic heterocycles. The van der Waals surface area contributed by atoms with Crippen LogP contribution in [-0.4, -0.2) is 36.7 Å². The molecule has 3 aromatic rings. The fraction of sp³-hybridized carbons (Fsp3) is 0.310. The monoisotopic (exact) mass is 438 g/mol. The Kier molecular flexibility index (Phi) is 5.76. The van der Waals surface area contributed by atoms with Crippen molar-refractivity contribution in [3.63, 3.8) is 0 Å². The lowest BCUT2D eigenvalue weighted by atomic mass is 9.56. The number of ether oxygens (including phenoxy) is 1. The van der Waals surface area contributed by atoms with Crippen molar-refractivity contribution in [2.24, 2.45) is 11.8 Å². The minimum Gasteiger partial charge on any atom is -0.496 e. The molecule has 3 aromatic carbocycles. The number of hydrogen-bond acceptors (Lipinski definition) is 3. The Morgan fingerprint density at radius 3 is 2.18 bits per heavy atom. The van der Waals surface area contributed by atoms with Gasteiger partial charge in [0.05, 0.1) is 7.11 Å². The van der Waals surface area contributed by atoms with Gasteiger partial charge in [-0.3, -0.25) is 10.2 Å². The van der Waals surface area contributed by atoms with Crippen LogP contribution in [0.1, 0.15) is 29.5 Å². The molecule has 2 atom stereocenters. The van der Waals surface area contributed by atoms with Crippen molar-refractivity contribution in [1.29, 1.82) is 5.41 Å². The first kappa shape index (κ1) is 21.4. The lowest BCUT2D eigenvalue weighted by Gasteiger charge is -2.45. The van der Waals surface area contributed by atoms with Crippen LogP contribution in [0.5, 0.6) is 5.75 Å². The normalized spacial score (nSPS) is 21.5. The number of nitrogens with zero attached hydrogens (tertiary/aromatic N) is 1. The van der Waals surface area contributed by atoms with E-state index in [4.69, 9.17) is 10.1 Å². The van der Waals surface area contributed by atoms with E-state index in [0.29, 0.717) is 37.6 Å². The Morgan fingerprint density at radius 2 is 1.55 bits per heavy atom. The van der Waals surface area contributed by atoms with Crippen LogP contribution in [0.4, 0.5) is 0 Å². The van der Waals surface area contributed by atoms with E-state index in [1.807, 2.05) is 24.3 Å². The zero-order valence-electron chi connectivity index (χ0n) is 19.0. The number of Topliss-reactive ketones (excluding diaryl/α,β-unsaturated/α-hetero) is 1. The lowest BCUT2D eigenvalue weighted by molar-refractivity contribution is -0.126. The molecule has 0 bridgehead atoms. The van der Waals surface area contributed by atoms with Crippen molar-refractivity contribution >= 4 is 11.6 Å². The number of rotatable bonds is 5. The zero-order valence-corrected chi connectivity index (χ0v) is 19.0. The van der Waals surface area contributed by atoms with E-state index in [9.17, 15) is 4.79 Å². The Balaban J connectivity index is 1.50. The molecule has 33 heavy (non-hydrogen) atoms.